The molecule has 0 aromatic heterocycles. The fourth-order valence-electron chi connectivity index (χ4n) is 3.83. The van der Waals surface area contributed by atoms with Gasteiger partial charge in [-0.1, -0.05) is 26.2 Å². The topological polar surface area (TPSA) is 49.4 Å². The molecular formula is C16H26N2O2. The molecule has 2 unspecified atom stereocenters. The number of nitrogens with one attached hydrogen (secondary N) is 1. The van der Waals surface area contributed by atoms with E-state index in [1.54, 1.807) is 0 Å². The molecule has 2 amide bonds. The molecule has 0 bridgehead atoms. The summed E-state index contributed by atoms with van der Waals surface area (Å²) >= 11 is 0. The van der Waals surface area contributed by atoms with E-state index < -0.39 is 0 Å². The average Bonchev–Trinajstić information content (AvgIpc) is 3.28. The molecule has 2 aliphatic carbocycles. The molecule has 4 heteroatoms. The molecule has 1 saturated heterocycles. The normalized spacial score (nSPS) is 30.2. The van der Waals surface area contributed by atoms with Gasteiger partial charge in [0.1, 0.15) is 6.04 Å². The minimum atomic E-state index is -0.247. The Bertz CT molecular complexity index is 386. The summed E-state index contributed by atoms with van der Waals surface area (Å²) < 4.78 is 0. The third-order valence-corrected chi connectivity index (χ3v) is 5.29. The van der Waals surface area contributed by atoms with Gasteiger partial charge in [0.2, 0.25) is 11.8 Å². The molecule has 0 aromatic rings. The predicted molar refractivity (Wildman–Crippen MR) is 77.0 cm³/mol. The molecule has 0 radical (unpaired) electrons. The van der Waals surface area contributed by atoms with Crippen LogP contribution in [0, 0.1) is 17.8 Å². The summed E-state index contributed by atoms with van der Waals surface area (Å²) in [5.74, 6) is 1.88. The molecular weight excluding hydrogens is 252 g/mol. The van der Waals surface area contributed by atoms with E-state index in [4.69, 9.17) is 0 Å². The molecule has 1 aliphatic heterocycles. The van der Waals surface area contributed by atoms with Gasteiger partial charge in [0.15, 0.2) is 0 Å². The summed E-state index contributed by atoms with van der Waals surface area (Å²) in [5.41, 5.74) is 0. The maximum absolute atomic E-state index is 12.7. The van der Waals surface area contributed by atoms with Crippen LogP contribution in [0.15, 0.2) is 0 Å². The number of hydrogen-bond donors (Lipinski definition) is 1. The van der Waals surface area contributed by atoms with Crippen molar-refractivity contribution >= 4 is 11.8 Å². The summed E-state index contributed by atoms with van der Waals surface area (Å²) in [5, 5.41) is 2.95. The van der Waals surface area contributed by atoms with Crippen molar-refractivity contribution in [3.05, 3.63) is 0 Å². The number of nitrogens with zero attached hydrogens (tertiary/aromatic N) is 1. The number of hydrogen-bond acceptors (Lipinski definition) is 2. The molecule has 2 saturated carbocycles. The van der Waals surface area contributed by atoms with Crippen molar-refractivity contribution in [1.29, 1.82) is 0 Å². The molecule has 3 rings (SSSR count). The summed E-state index contributed by atoms with van der Waals surface area (Å²) in [4.78, 5) is 26.4. The predicted octanol–water partition coefficient (Wildman–Crippen LogP) is 1.94. The van der Waals surface area contributed by atoms with Gasteiger partial charge in [-0.25, -0.2) is 0 Å². The summed E-state index contributed by atoms with van der Waals surface area (Å²) in [6.07, 6.45) is 8.42. The van der Waals surface area contributed by atoms with Crippen molar-refractivity contribution in [2.75, 3.05) is 13.1 Å². The third-order valence-electron chi connectivity index (χ3n) is 5.29. The molecule has 0 spiro atoms. The number of carbonyl (C=O) groups excluding carboxylic acids is 2. The van der Waals surface area contributed by atoms with Crippen molar-refractivity contribution < 1.29 is 9.59 Å². The van der Waals surface area contributed by atoms with Crippen LogP contribution in [0.25, 0.3) is 0 Å². The first-order valence-corrected chi connectivity index (χ1v) is 8.23. The number of rotatable bonds is 4. The van der Waals surface area contributed by atoms with E-state index in [0.717, 1.165) is 25.3 Å². The first kappa shape index (κ1) is 13.9. The highest BCUT2D eigenvalue weighted by atomic mass is 16.2. The summed E-state index contributed by atoms with van der Waals surface area (Å²) in [7, 11) is 0. The zero-order valence-electron chi connectivity index (χ0n) is 12.4. The molecule has 1 heterocycles. The highest BCUT2D eigenvalue weighted by Gasteiger charge is 2.39. The van der Waals surface area contributed by atoms with E-state index in [-0.39, 0.29) is 24.4 Å². The van der Waals surface area contributed by atoms with Crippen molar-refractivity contribution in [1.82, 2.24) is 10.2 Å². The zero-order valence-corrected chi connectivity index (χ0v) is 12.4. The fourth-order valence-corrected chi connectivity index (χ4v) is 3.83. The molecule has 2 atom stereocenters. The van der Waals surface area contributed by atoms with Gasteiger partial charge in [-0.2, -0.15) is 0 Å². The van der Waals surface area contributed by atoms with Crippen LogP contribution >= 0.6 is 0 Å². The minimum absolute atomic E-state index is 0.0307. The highest BCUT2D eigenvalue weighted by Crippen LogP contribution is 2.37. The lowest BCUT2D eigenvalue weighted by Gasteiger charge is -2.38. The lowest BCUT2D eigenvalue weighted by molar-refractivity contribution is -0.146. The Balaban J connectivity index is 1.64. The molecule has 4 nitrogen and oxygen atoms in total. The monoisotopic (exact) mass is 278 g/mol. The van der Waals surface area contributed by atoms with Gasteiger partial charge in [-0.15, -0.1) is 0 Å². The van der Waals surface area contributed by atoms with E-state index in [0.29, 0.717) is 11.8 Å². The third kappa shape index (κ3) is 2.99. The molecule has 3 aliphatic rings. The molecule has 0 aromatic carbocycles. The van der Waals surface area contributed by atoms with E-state index in [1.807, 2.05) is 4.90 Å². The Morgan fingerprint density at radius 1 is 1.15 bits per heavy atom. The Morgan fingerprint density at radius 3 is 2.50 bits per heavy atom. The van der Waals surface area contributed by atoms with Crippen LogP contribution < -0.4 is 5.32 Å². The van der Waals surface area contributed by atoms with Crippen LogP contribution in [0.2, 0.25) is 0 Å². The Hall–Kier alpha value is -1.06. The van der Waals surface area contributed by atoms with Gasteiger partial charge in [-0.05, 0) is 43.4 Å². The second kappa shape index (κ2) is 5.74. The lowest BCUT2D eigenvalue weighted by Crippen LogP contribution is -2.61. The van der Waals surface area contributed by atoms with E-state index in [1.165, 1.54) is 32.1 Å². The standard InChI is InChI=1S/C16H26N2O2/c1-11(12-7-8-12)9-18-10-14(19)17-15(16(18)20)13-5-3-2-4-6-13/h11-13,15H,2-10H2,1H3,(H,17,19). The quantitative estimate of drug-likeness (QED) is 0.854. The Kier molecular flexibility index (Phi) is 3.99. The van der Waals surface area contributed by atoms with Gasteiger partial charge in [0, 0.05) is 6.54 Å². The van der Waals surface area contributed by atoms with Crippen LogP contribution in [0.1, 0.15) is 51.9 Å². The van der Waals surface area contributed by atoms with Crippen LogP contribution in [0.3, 0.4) is 0 Å². The van der Waals surface area contributed by atoms with Crippen molar-refractivity contribution in [3.8, 4) is 0 Å². The maximum atomic E-state index is 12.7. The zero-order chi connectivity index (χ0) is 14.1. The van der Waals surface area contributed by atoms with Gasteiger partial charge in [-0.3, -0.25) is 9.59 Å². The van der Waals surface area contributed by atoms with E-state index in [9.17, 15) is 9.59 Å². The van der Waals surface area contributed by atoms with Gasteiger partial charge >= 0.3 is 0 Å². The van der Waals surface area contributed by atoms with E-state index in [2.05, 4.69) is 12.2 Å². The molecule has 1 N–H and O–H groups in total. The first-order chi connectivity index (χ1) is 9.65. The second-order valence-corrected chi connectivity index (χ2v) is 6.98. The smallest absolute Gasteiger partial charge is 0.245 e. The lowest BCUT2D eigenvalue weighted by atomic mass is 9.82. The van der Waals surface area contributed by atoms with Crippen LogP contribution in [-0.2, 0) is 9.59 Å². The Morgan fingerprint density at radius 2 is 1.85 bits per heavy atom. The Labute approximate surface area is 121 Å². The molecule has 3 fully saturated rings. The highest BCUT2D eigenvalue weighted by molar-refractivity contribution is 5.95. The van der Waals surface area contributed by atoms with Gasteiger partial charge in [0.05, 0.1) is 6.54 Å². The van der Waals surface area contributed by atoms with Crippen molar-refractivity contribution in [3.63, 3.8) is 0 Å². The SMILES string of the molecule is CC(CN1CC(=O)NC(C2CCCCC2)C1=O)C1CC1. The fraction of sp³-hybridized carbons (Fsp3) is 0.875. The number of carbonyl (C=O) groups is 2. The maximum Gasteiger partial charge on any atom is 0.245 e. The van der Waals surface area contributed by atoms with E-state index >= 15 is 0 Å². The molecule has 112 valence electrons. The van der Waals surface area contributed by atoms with Crippen LogP contribution in [0.5, 0.6) is 0 Å². The summed E-state index contributed by atoms with van der Waals surface area (Å²) in [6, 6.07) is -0.247. The van der Waals surface area contributed by atoms with Crippen molar-refractivity contribution in [2.24, 2.45) is 17.8 Å². The number of amides is 2. The minimum Gasteiger partial charge on any atom is -0.342 e. The number of piperazine rings is 1. The van der Waals surface area contributed by atoms with Crippen molar-refractivity contribution in [2.45, 2.75) is 57.9 Å². The summed E-state index contributed by atoms with van der Waals surface area (Å²) in [6.45, 7) is 3.24. The second-order valence-electron chi connectivity index (χ2n) is 6.98. The first-order valence-electron chi connectivity index (χ1n) is 8.23. The molecule has 20 heavy (non-hydrogen) atoms. The average molecular weight is 278 g/mol. The largest absolute Gasteiger partial charge is 0.342 e. The van der Waals surface area contributed by atoms with Crippen LogP contribution in [-0.4, -0.2) is 35.8 Å². The van der Waals surface area contributed by atoms with Gasteiger partial charge < -0.3 is 10.2 Å². The van der Waals surface area contributed by atoms with Crippen LogP contribution in [0.4, 0.5) is 0 Å². The van der Waals surface area contributed by atoms with Gasteiger partial charge in [0.25, 0.3) is 0 Å².